The lowest BCUT2D eigenvalue weighted by atomic mass is 10.2. The first kappa shape index (κ1) is 11.6. The van der Waals surface area contributed by atoms with Gasteiger partial charge in [-0.25, -0.2) is 9.97 Å². The second kappa shape index (κ2) is 4.66. The van der Waals surface area contributed by atoms with Gasteiger partial charge in [0.2, 0.25) is 5.82 Å². The Labute approximate surface area is 113 Å². The monoisotopic (exact) mass is 273 g/mol. The molecule has 7 heteroatoms. The van der Waals surface area contributed by atoms with Gasteiger partial charge < -0.3 is 10.3 Å². The van der Waals surface area contributed by atoms with Crippen LogP contribution < -0.4 is 5.73 Å². The molecule has 2 heterocycles. The molecule has 3 aromatic rings. The third kappa shape index (κ3) is 2.25. The molecule has 0 unspecified atom stereocenters. The zero-order valence-electron chi connectivity index (χ0n) is 9.62. The van der Waals surface area contributed by atoms with Crippen molar-refractivity contribution < 1.29 is 4.52 Å². The number of aromatic nitrogens is 4. The van der Waals surface area contributed by atoms with Gasteiger partial charge in [-0.3, -0.25) is 0 Å². The quantitative estimate of drug-likeness (QED) is 0.721. The highest BCUT2D eigenvalue weighted by atomic mass is 35.5. The van der Waals surface area contributed by atoms with Gasteiger partial charge in [0.15, 0.2) is 0 Å². The maximum absolute atomic E-state index is 6.09. The van der Waals surface area contributed by atoms with E-state index in [0.29, 0.717) is 33.7 Å². The summed E-state index contributed by atoms with van der Waals surface area (Å²) in [5, 5.41) is 4.32. The van der Waals surface area contributed by atoms with E-state index in [1.807, 2.05) is 0 Å². The van der Waals surface area contributed by atoms with Crippen molar-refractivity contribution in [3.63, 3.8) is 0 Å². The molecule has 0 radical (unpaired) electrons. The highest BCUT2D eigenvalue weighted by Crippen LogP contribution is 2.29. The molecular weight excluding hydrogens is 266 g/mol. The molecule has 0 fully saturated rings. The van der Waals surface area contributed by atoms with Crippen LogP contribution in [-0.2, 0) is 0 Å². The van der Waals surface area contributed by atoms with E-state index >= 15 is 0 Å². The maximum Gasteiger partial charge on any atom is 0.259 e. The number of nitrogens with two attached hydrogens (primary N) is 1. The topological polar surface area (TPSA) is 90.7 Å². The Hall–Kier alpha value is -2.47. The van der Waals surface area contributed by atoms with Gasteiger partial charge in [-0.1, -0.05) is 16.8 Å². The fourth-order valence-electron chi connectivity index (χ4n) is 1.56. The highest BCUT2D eigenvalue weighted by molar-refractivity contribution is 6.33. The molecular formula is C12H8ClN5O. The van der Waals surface area contributed by atoms with E-state index in [9.17, 15) is 0 Å². The summed E-state index contributed by atoms with van der Waals surface area (Å²) in [6.45, 7) is 0. The highest BCUT2D eigenvalue weighted by Gasteiger charge is 2.14. The van der Waals surface area contributed by atoms with Crippen LogP contribution in [0, 0.1) is 0 Å². The van der Waals surface area contributed by atoms with Gasteiger partial charge >= 0.3 is 0 Å². The molecule has 3 rings (SSSR count). The fraction of sp³-hybridized carbons (Fsp3) is 0. The van der Waals surface area contributed by atoms with Crippen molar-refractivity contribution in [1.29, 1.82) is 0 Å². The number of hydrogen-bond donors (Lipinski definition) is 1. The lowest BCUT2D eigenvalue weighted by molar-refractivity contribution is 0.432. The van der Waals surface area contributed by atoms with Crippen LogP contribution in [-0.4, -0.2) is 20.1 Å². The molecule has 0 aliphatic heterocycles. The summed E-state index contributed by atoms with van der Waals surface area (Å²) in [4.78, 5) is 12.1. The Kier molecular flexibility index (Phi) is 2.85. The van der Waals surface area contributed by atoms with Crippen molar-refractivity contribution in [2.45, 2.75) is 0 Å². The Bertz CT molecular complexity index is 713. The van der Waals surface area contributed by atoms with E-state index in [0.717, 1.165) is 0 Å². The van der Waals surface area contributed by atoms with Gasteiger partial charge in [0.05, 0.1) is 10.6 Å². The van der Waals surface area contributed by atoms with Crippen molar-refractivity contribution in [3.8, 4) is 23.0 Å². The first-order valence-corrected chi connectivity index (χ1v) is 5.77. The Morgan fingerprint density at radius 2 is 2.11 bits per heavy atom. The molecule has 0 atom stereocenters. The minimum atomic E-state index is 0.318. The van der Waals surface area contributed by atoms with Gasteiger partial charge in [0.25, 0.3) is 5.89 Å². The van der Waals surface area contributed by atoms with Crippen LogP contribution in [0.2, 0.25) is 5.02 Å². The summed E-state index contributed by atoms with van der Waals surface area (Å²) < 4.78 is 5.18. The molecule has 6 nitrogen and oxygen atoms in total. The average molecular weight is 274 g/mol. The average Bonchev–Trinajstić information content (AvgIpc) is 2.89. The van der Waals surface area contributed by atoms with Gasteiger partial charge in [0.1, 0.15) is 12.0 Å². The summed E-state index contributed by atoms with van der Waals surface area (Å²) in [6.07, 6.45) is 3.02. The van der Waals surface area contributed by atoms with Crippen LogP contribution in [0.15, 0.2) is 41.3 Å². The zero-order chi connectivity index (χ0) is 13.2. The number of hydrogen-bond acceptors (Lipinski definition) is 6. The van der Waals surface area contributed by atoms with Gasteiger partial charge in [0, 0.05) is 11.9 Å². The van der Waals surface area contributed by atoms with E-state index in [2.05, 4.69) is 20.1 Å². The molecule has 19 heavy (non-hydrogen) atoms. The minimum Gasteiger partial charge on any atom is -0.399 e. The van der Waals surface area contributed by atoms with E-state index < -0.39 is 0 Å². The smallest absolute Gasteiger partial charge is 0.259 e. The predicted octanol–water partition coefficient (Wildman–Crippen LogP) is 2.43. The fourth-order valence-corrected chi connectivity index (χ4v) is 1.83. The van der Waals surface area contributed by atoms with Crippen LogP contribution in [0.3, 0.4) is 0 Å². The van der Waals surface area contributed by atoms with Crippen LogP contribution >= 0.6 is 11.6 Å². The predicted molar refractivity (Wildman–Crippen MR) is 70.2 cm³/mol. The van der Waals surface area contributed by atoms with Crippen molar-refractivity contribution >= 4 is 17.3 Å². The molecule has 1 aromatic carbocycles. The molecule has 0 amide bonds. The van der Waals surface area contributed by atoms with Crippen molar-refractivity contribution in [3.05, 3.63) is 41.8 Å². The SMILES string of the molecule is Nc1ccc(-c2nc(-c3ccncn3)no2)c(Cl)c1. The van der Waals surface area contributed by atoms with Gasteiger partial charge in [-0.05, 0) is 24.3 Å². The number of nitrogen functional groups attached to an aromatic ring is 1. The van der Waals surface area contributed by atoms with Crippen LogP contribution in [0.4, 0.5) is 5.69 Å². The Balaban J connectivity index is 2.02. The standard InChI is InChI=1S/C12H8ClN5O/c13-9-5-7(14)1-2-8(9)12-17-11(18-19-12)10-3-4-15-6-16-10/h1-6H,14H2. The summed E-state index contributed by atoms with van der Waals surface area (Å²) in [5.41, 5.74) is 7.42. The van der Waals surface area contributed by atoms with Crippen LogP contribution in [0.1, 0.15) is 0 Å². The van der Waals surface area contributed by atoms with Crippen molar-refractivity contribution in [2.75, 3.05) is 5.73 Å². The first-order chi connectivity index (χ1) is 9.24. The molecule has 0 saturated heterocycles. The zero-order valence-corrected chi connectivity index (χ0v) is 10.4. The number of halogens is 1. The molecule has 94 valence electrons. The summed E-state index contributed by atoms with van der Waals surface area (Å²) in [7, 11) is 0. The second-order valence-corrected chi connectivity index (χ2v) is 4.16. The van der Waals surface area contributed by atoms with Crippen molar-refractivity contribution in [1.82, 2.24) is 20.1 Å². The third-order valence-corrected chi connectivity index (χ3v) is 2.77. The van der Waals surface area contributed by atoms with Crippen LogP contribution in [0.5, 0.6) is 0 Å². The largest absolute Gasteiger partial charge is 0.399 e. The van der Waals surface area contributed by atoms with E-state index in [1.54, 1.807) is 30.5 Å². The molecule has 0 spiro atoms. The van der Waals surface area contributed by atoms with Crippen LogP contribution in [0.25, 0.3) is 23.0 Å². The summed E-state index contributed by atoms with van der Waals surface area (Å²) in [6, 6.07) is 6.77. The van der Waals surface area contributed by atoms with E-state index in [4.69, 9.17) is 21.9 Å². The van der Waals surface area contributed by atoms with Gasteiger partial charge in [-0.15, -0.1) is 0 Å². The number of nitrogens with zero attached hydrogens (tertiary/aromatic N) is 4. The molecule has 0 bridgehead atoms. The number of rotatable bonds is 2. The summed E-state index contributed by atoms with van der Waals surface area (Å²) in [5.74, 6) is 0.698. The molecule has 0 aliphatic rings. The number of anilines is 1. The van der Waals surface area contributed by atoms with Crippen molar-refractivity contribution in [2.24, 2.45) is 0 Å². The number of benzene rings is 1. The lowest BCUT2D eigenvalue weighted by Crippen LogP contribution is -1.87. The molecule has 0 saturated carbocycles. The third-order valence-electron chi connectivity index (χ3n) is 2.46. The molecule has 0 aliphatic carbocycles. The van der Waals surface area contributed by atoms with Gasteiger partial charge in [-0.2, -0.15) is 4.98 Å². The Morgan fingerprint density at radius 1 is 1.21 bits per heavy atom. The lowest BCUT2D eigenvalue weighted by Gasteiger charge is -1.99. The van der Waals surface area contributed by atoms with E-state index in [1.165, 1.54) is 6.33 Å². The molecule has 2 N–H and O–H groups in total. The minimum absolute atomic E-state index is 0.318. The Morgan fingerprint density at radius 3 is 2.84 bits per heavy atom. The molecule has 2 aromatic heterocycles. The first-order valence-electron chi connectivity index (χ1n) is 5.39. The summed E-state index contributed by atoms with van der Waals surface area (Å²) >= 11 is 6.09. The maximum atomic E-state index is 6.09. The normalized spacial score (nSPS) is 10.6. The van der Waals surface area contributed by atoms with E-state index in [-0.39, 0.29) is 0 Å². The second-order valence-electron chi connectivity index (χ2n) is 3.76.